The molecule has 84 valence electrons. The van der Waals surface area contributed by atoms with Crippen molar-refractivity contribution in [2.45, 2.75) is 27.7 Å². The number of rotatable bonds is 4. The Bertz CT molecular complexity index is 264. The first-order chi connectivity index (χ1) is 6.29. The molecule has 0 saturated heterocycles. The van der Waals surface area contributed by atoms with Crippen LogP contribution in [-0.4, -0.2) is 22.2 Å². The molecule has 0 spiro atoms. The van der Waals surface area contributed by atoms with E-state index in [0.717, 1.165) is 0 Å². The summed E-state index contributed by atoms with van der Waals surface area (Å²) >= 11 is 0. The molecule has 0 aromatic heterocycles. The van der Waals surface area contributed by atoms with Crippen LogP contribution in [0.1, 0.15) is 30.5 Å². The molecule has 0 fully saturated rings. The Morgan fingerprint density at radius 3 is 1.06 bits per heavy atom. The van der Waals surface area contributed by atoms with Gasteiger partial charge in [-0.25, -0.2) is 9.59 Å². The summed E-state index contributed by atoms with van der Waals surface area (Å²) in [6, 6.07) is 0. The molecule has 0 aromatic carbocycles. The van der Waals surface area contributed by atoms with Gasteiger partial charge in [0.25, 0.3) is 0 Å². The number of carboxylic acid groups (broad SMARTS) is 2. The zero-order valence-corrected chi connectivity index (χ0v) is 14.9. The average molecular weight is 248 g/mol. The summed E-state index contributed by atoms with van der Waals surface area (Å²) < 4.78 is 0. The van der Waals surface area contributed by atoms with E-state index in [-0.39, 0.29) is 84.9 Å². The molecule has 4 nitrogen and oxygen atoms in total. The molecule has 16 heavy (non-hydrogen) atoms. The zero-order valence-electron chi connectivity index (χ0n) is 12.9. The number of hydrogen-bond donors (Lipinski definition) is 2. The fraction of sp³-hybridized carbons (Fsp3) is 0.600. The number of hydrogen-bond acceptors (Lipinski definition) is 2. The van der Waals surface area contributed by atoms with Gasteiger partial charge in [0.1, 0.15) is 0 Å². The van der Waals surface area contributed by atoms with Gasteiger partial charge >= 0.3 is 71.1 Å². The van der Waals surface area contributed by atoms with Gasteiger partial charge in [-0.2, -0.15) is 0 Å². The van der Waals surface area contributed by atoms with Crippen molar-refractivity contribution in [1.82, 2.24) is 0 Å². The van der Waals surface area contributed by atoms with Crippen LogP contribution in [0.2, 0.25) is 0 Å². The van der Waals surface area contributed by atoms with Gasteiger partial charge < -0.3 is 13.1 Å². The minimum atomic E-state index is -1.15. The topological polar surface area (TPSA) is 74.6 Å². The monoisotopic (exact) mass is 248 g/mol. The smallest absolute Gasteiger partial charge is 1.00 e. The summed E-state index contributed by atoms with van der Waals surface area (Å²) in [4.78, 5) is 21.7. The summed E-state index contributed by atoms with van der Waals surface area (Å²) in [5, 5.41) is 17.8. The van der Waals surface area contributed by atoms with Crippen molar-refractivity contribution in [2.75, 3.05) is 0 Å². The van der Waals surface area contributed by atoms with E-state index in [4.69, 9.17) is 10.2 Å². The van der Waals surface area contributed by atoms with Crippen LogP contribution in [0.25, 0.3) is 0 Å². The molecule has 0 unspecified atom stereocenters. The predicted octanol–water partition coefficient (Wildman–Crippen LogP) is -4.00. The Hall–Kier alpha value is 0.680. The largest absolute Gasteiger partial charge is 1.00 e. The molecular weight excluding hydrogens is 230 g/mol. The summed E-state index contributed by atoms with van der Waals surface area (Å²) in [7, 11) is 0. The van der Waals surface area contributed by atoms with Gasteiger partial charge in [-0.15, -0.1) is 0 Å². The molecule has 0 atom stereocenters. The van der Waals surface area contributed by atoms with Crippen LogP contribution in [0.4, 0.5) is 0 Å². The van der Waals surface area contributed by atoms with E-state index in [1.54, 1.807) is 27.7 Å². The second kappa shape index (κ2) is 9.68. The molecule has 0 bridgehead atoms. The van der Waals surface area contributed by atoms with E-state index < -0.39 is 11.9 Å². The Balaban J connectivity index is -0.000000141. The molecule has 0 rings (SSSR count). The second-order valence-corrected chi connectivity index (χ2v) is 3.75. The summed E-state index contributed by atoms with van der Waals surface area (Å²) in [6.07, 6.45) is 0. The van der Waals surface area contributed by atoms with Crippen LogP contribution in [-0.2, 0) is 9.59 Å². The predicted molar refractivity (Wildman–Crippen MR) is 54.2 cm³/mol. The molecule has 0 heterocycles. The van der Waals surface area contributed by atoms with E-state index >= 15 is 0 Å². The SMILES string of the molecule is CC(C)/C(C(=O)O)=C(/C(=O)O)C(C)C.[H-].[H-].[Na+].[Na+]. The molecule has 6 heteroatoms. The molecule has 0 aromatic rings. The third-order valence-corrected chi connectivity index (χ3v) is 1.91. The van der Waals surface area contributed by atoms with Gasteiger partial charge in [-0.05, 0) is 11.8 Å². The van der Waals surface area contributed by atoms with Crippen LogP contribution in [0.5, 0.6) is 0 Å². The Morgan fingerprint density at radius 2 is 1.00 bits per heavy atom. The molecule has 2 N–H and O–H groups in total. The normalized spacial score (nSPS) is 11.4. The maximum atomic E-state index is 10.9. The van der Waals surface area contributed by atoms with Crippen molar-refractivity contribution in [3.8, 4) is 0 Å². The van der Waals surface area contributed by atoms with Crippen molar-refractivity contribution in [3.05, 3.63) is 11.1 Å². The van der Waals surface area contributed by atoms with Crippen LogP contribution < -0.4 is 59.1 Å². The average Bonchev–Trinajstić information content (AvgIpc) is 1.96. The quantitative estimate of drug-likeness (QED) is 0.393. The fourth-order valence-electron chi connectivity index (χ4n) is 1.35. The van der Waals surface area contributed by atoms with E-state index in [1.807, 2.05) is 0 Å². The van der Waals surface area contributed by atoms with Crippen LogP contribution in [0.3, 0.4) is 0 Å². The third kappa shape index (κ3) is 6.42. The Morgan fingerprint density at radius 1 is 0.812 bits per heavy atom. The number of aliphatic carboxylic acids is 2. The van der Waals surface area contributed by atoms with E-state index in [0.29, 0.717) is 0 Å². The molecule has 0 saturated carbocycles. The van der Waals surface area contributed by atoms with Crippen molar-refractivity contribution < 1.29 is 81.8 Å². The first-order valence-corrected chi connectivity index (χ1v) is 4.49. The van der Waals surface area contributed by atoms with Gasteiger partial charge in [-0.3, -0.25) is 0 Å². The van der Waals surface area contributed by atoms with Crippen LogP contribution in [0, 0.1) is 11.8 Å². The van der Waals surface area contributed by atoms with Gasteiger partial charge in [0.05, 0.1) is 11.1 Å². The van der Waals surface area contributed by atoms with Gasteiger partial charge in [0, 0.05) is 0 Å². The minimum Gasteiger partial charge on any atom is -1.00 e. The standard InChI is InChI=1S/C10H16O4.2Na.2H/c1-5(2)7(9(11)12)8(6(3)4)10(13)14;;;;/h5-6H,1-4H3,(H,11,12)(H,13,14);;;;/q;2*+1;2*-1/b8-7-;;;;. The first kappa shape index (κ1) is 21.9. The first-order valence-electron chi connectivity index (χ1n) is 4.49. The van der Waals surface area contributed by atoms with E-state index in [2.05, 4.69) is 0 Å². The number of carbonyl (C=O) groups is 2. The molecule has 0 aliphatic carbocycles. The van der Waals surface area contributed by atoms with Gasteiger partial charge in [0.2, 0.25) is 0 Å². The van der Waals surface area contributed by atoms with Gasteiger partial charge in [0.15, 0.2) is 0 Å². The second-order valence-electron chi connectivity index (χ2n) is 3.75. The number of carboxylic acids is 2. The van der Waals surface area contributed by atoms with Crippen molar-refractivity contribution in [3.63, 3.8) is 0 Å². The van der Waals surface area contributed by atoms with Crippen molar-refractivity contribution in [2.24, 2.45) is 11.8 Å². The summed E-state index contributed by atoms with van der Waals surface area (Å²) in [5.41, 5.74) is -0.0139. The van der Waals surface area contributed by atoms with E-state index in [1.165, 1.54) is 0 Å². The summed E-state index contributed by atoms with van der Waals surface area (Å²) in [6.45, 7) is 6.70. The van der Waals surface area contributed by atoms with Crippen molar-refractivity contribution in [1.29, 1.82) is 0 Å². The molecule has 0 aliphatic heterocycles. The van der Waals surface area contributed by atoms with Crippen LogP contribution in [0.15, 0.2) is 11.1 Å². The zero-order chi connectivity index (χ0) is 11.5. The molecular formula is C10H18Na2O4. The molecule has 0 amide bonds. The minimum absolute atomic E-state index is 0. The Kier molecular flexibility index (Phi) is 13.3. The maximum absolute atomic E-state index is 10.9. The van der Waals surface area contributed by atoms with E-state index in [9.17, 15) is 9.59 Å². The van der Waals surface area contributed by atoms with Crippen LogP contribution >= 0.6 is 0 Å². The van der Waals surface area contributed by atoms with Gasteiger partial charge in [-0.1, -0.05) is 27.7 Å². The van der Waals surface area contributed by atoms with Crippen molar-refractivity contribution >= 4 is 11.9 Å². The Labute approximate surface area is 143 Å². The maximum Gasteiger partial charge on any atom is 1.00 e. The molecule has 0 radical (unpaired) electrons. The third-order valence-electron chi connectivity index (χ3n) is 1.91. The summed E-state index contributed by atoms with van der Waals surface area (Å²) in [5.74, 6) is -2.88. The molecule has 0 aliphatic rings. The fourth-order valence-corrected chi connectivity index (χ4v) is 1.35.